The van der Waals surface area contributed by atoms with Crippen LogP contribution in [0.15, 0.2) is 17.6 Å². The number of amides is 1. The maximum Gasteiger partial charge on any atom is 0.262 e. The number of thiophene rings is 1. The third kappa shape index (κ3) is 1.57. The monoisotopic (exact) mass is 237 g/mol. The smallest absolute Gasteiger partial charge is 0.262 e. The normalized spacial score (nSPS) is 10.4. The number of hydrogen-bond donors (Lipinski definition) is 1. The van der Waals surface area contributed by atoms with Gasteiger partial charge in [-0.1, -0.05) is 0 Å². The van der Waals surface area contributed by atoms with E-state index in [4.69, 9.17) is 10.5 Å². The first-order valence-electron chi connectivity index (χ1n) is 4.58. The van der Waals surface area contributed by atoms with Gasteiger partial charge in [-0.15, -0.1) is 11.3 Å². The van der Waals surface area contributed by atoms with Gasteiger partial charge in [-0.3, -0.25) is 9.48 Å². The van der Waals surface area contributed by atoms with Crippen molar-refractivity contribution in [3.8, 4) is 17.0 Å². The van der Waals surface area contributed by atoms with Gasteiger partial charge >= 0.3 is 0 Å². The van der Waals surface area contributed by atoms with Crippen LogP contribution >= 0.6 is 11.3 Å². The number of carbonyl (C=O) groups excluding carboxylic acids is 1. The molecule has 0 aliphatic rings. The van der Waals surface area contributed by atoms with Crippen molar-refractivity contribution < 1.29 is 9.53 Å². The van der Waals surface area contributed by atoms with Crippen molar-refractivity contribution in [2.75, 3.05) is 7.11 Å². The third-order valence-electron chi connectivity index (χ3n) is 2.27. The van der Waals surface area contributed by atoms with Gasteiger partial charge in [-0.2, -0.15) is 5.10 Å². The number of ether oxygens (including phenoxy) is 1. The van der Waals surface area contributed by atoms with Crippen LogP contribution in [-0.2, 0) is 7.05 Å². The SMILES string of the molecule is COc1c(-c2ccnn2C)csc1C(N)=O. The second kappa shape index (κ2) is 3.97. The van der Waals surface area contributed by atoms with E-state index in [-0.39, 0.29) is 0 Å². The molecular weight excluding hydrogens is 226 g/mol. The lowest BCUT2D eigenvalue weighted by Gasteiger charge is -2.04. The van der Waals surface area contributed by atoms with Crippen LogP contribution in [0.3, 0.4) is 0 Å². The molecule has 0 saturated heterocycles. The highest BCUT2D eigenvalue weighted by Gasteiger charge is 2.19. The Labute approximate surface area is 96.4 Å². The minimum absolute atomic E-state index is 0.429. The van der Waals surface area contributed by atoms with Gasteiger partial charge < -0.3 is 10.5 Å². The Morgan fingerprint density at radius 3 is 2.88 bits per heavy atom. The molecule has 0 aliphatic carbocycles. The van der Waals surface area contributed by atoms with E-state index in [1.54, 1.807) is 10.9 Å². The molecule has 0 atom stereocenters. The van der Waals surface area contributed by atoms with Crippen LogP contribution in [0.25, 0.3) is 11.3 Å². The predicted molar refractivity (Wildman–Crippen MR) is 61.6 cm³/mol. The van der Waals surface area contributed by atoms with Crippen molar-refractivity contribution >= 4 is 17.2 Å². The topological polar surface area (TPSA) is 70.1 Å². The van der Waals surface area contributed by atoms with Gasteiger partial charge in [0.25, 0.3) is 5.91 Å². The highest BCUT2D eigenvalue weighted by atomic mass is 32.1. The fraction of sp³-hybridized carbons (Fsp3) is 0.200. The van der Waals surface area contributed by atoms with Gasteiger partial charge in [0.15, 0.2) is 5.75 Å². The van der Waals surface area contributed by atoms with Crippen LogP contribution < -0.4 is 10.5 Å². The zero-order valence-corrected chi connectivity index (χ0v) is 9.75. The average molecular weight is 237 g/mol. The molecule has 16 heavy (non-hydrogen) atoms. The van der Waals surface area contributed by atoms with Crippen LogP contribution in [0, 0.1) is 0 Å². The van der Waals surface area contributed by atoms with E-state index in [1.165, 1.54) is 18.4 Å². The first-order chi connectivity index (χ1) is 7.65. The van der Waals surface area contributed by atoms with Gasteiger partial charge in [0.1, 0.15) is 4.88 Å². The number of carbonyl (C=O) groups is 1. The Bertz CT molecular complexity index is 530. The summed E-state index contributed by atoms with van der Waals surface area (Å²) in [5, 5.41) is 5.92. The molecule has 0 radical (unpaired) electrons. The minimum atomic E-state index is -0.477. The van der Waals surface area contributed by atoms with Gasteiger partial charge in [-0.25, -0.2) is 0 Å². The molecule has 0 fully saturated rings. The van der Waals surface area contributed by atoms with Crippen LogP contribution in [0.4, 0.5) is 0 Å². The van der Waals surface area contributed by atoms with E-state index in [0.717, 1.165) is 11.3 Å². The van der Waals surface area contributed by atoms with Crippen molar-refractivity contribution in [2.24, 2.45) is 12.8 Å². The summed E-state index contributed by atoms with van der Waals surface area (Å²) in [6.07, 6.45) is 1.69. The van der Waals surface area contributed by atoms with Crippen molar-refractivity contribution in [3.63, 3.8) is 0 Å². The Morgan fingerprint density at radius 1 is 1.62 bits per heavy atom. The summed E-state index contributed by atoms with van der Waals surface area (Å²) < 4.78 is 6.94. The fourth-order valence-corrected chi connectivity index (χ4v) is 2.41. The molecule has 84 valence electrons. The molecule has 0 aliphatic heterocycles. The van der Waals surface area contributed by atoms with E-state index in [0.29, 0.717) is 10.6 Å². The second-order valence-electron chi connectivity index (χ2n) is 3.22. The molecular formula is C10H11N3O2S. The van der Waals surface area contributed by atoms with Crippen molar-refractivity contribution in [1.82, 2.24) is 9.78 Å². The molecule has 0 saturated carbocycles. The molecule has 2 N–H and O–H groups in total. The molecule has 2 aromatic rings. The summed E-state index contributed by atoms with van der Waals surface area (Å²) in [6.45, 7) is 0. The van der Waals surface area contributed by atoms with Gasteiger partial charge in [-0.05, 0) is 6.07 Å². The summed E-state index contributed by atoms with van der Waals surface area (Å²) in [7, 11) is 3.35. The Hall–Kier alpha value is -1.82. The number of rotatable bonds is 3. The minimum Gasteiger partial charge on any atom is -0.494 e. The van der Waals surface area contributed by atoms with E-state index >= 15 is 0 Å². The molecule has 5 nitrogen and oxygen atoms in total. The van der Waals surface area contributed by atoms with E-state index in [1.807, 2.05) is 18.5 Å². The summed E-state index contributed by atoms with van der Waals surface area (Å²) in [5.74, 6) is 0.0383. The Kier molecular flexibility index (Phi) is 2.66. The molecule has 2 aromatic heterocycles. The molecule has 1 amide bonds. The third-order valence-corrected chi connectivity index (χ3v) is 3.25. The van der Waals surface area contributed by atoms with E-state index in [2.05, 4.69) is 5.10 Å². The predicted octanol–water partition coefficient (Wildman–Crippen LogP) is 1.26. The van der Waals surface area contributed by atoms with Crippen molar-refractivity contribution in [1.29, 1.82) is 0 Å². The molecule has 0 bridgehead atoms. The summed E-state index contributed by atoms with van der Waals surface area (Å²) >= 11 is 1.28. The standard InChI is InChI=1S/C10H11N3O2S/c1-13-7(3-4-12-13)6-5-16-9(10(11)14)8(6)15-2/h3-5H,1-2H3,(H2,11,14). The van der Waals surface area contributed by atoms with Crippen LogP contribution in [0.5, 0.6) is 5.75 Å². The fourth-order valence-electron chi connectivity index (χ4n) is 1.53. The van der Waals surface area contributed by atoms with Crippen molar-refractivity contribution in [3.05, 3.63) is 22.5 Å². The number of hydrogen-bond acceptors (Lipinski definition) is 4. The van der Waals surface area contributed by atoms with Crippen LogP contribution in [0.2, 0.25) is 0 Å². The maximum absolute atomic E-state index is 11.2. The number of nitrogens with zero attached hydrogens (tertiary/aromatic N) is 2. The number of methoxy groups -OCH3 is 1. The number of aryl methyl sites for hydroxylation is 1. The van der Waals surface area contributed by atoms with Crippen LogP contribution in [-0.4, -0.2) is 22.8 Å². The molecule has 2 rings (SSSR count). The number of aromatic nitrogens is 2. The largest absolute Gasteiger partial charge is 0.494 e. The first kappa shape index (κ1) is 10.7. The molecule has 0 aromatic carbocycles. The number of nitrogens with two attached hydrogens (primary N) is 1. The summed E-state index contributed by atoms with van der Waals surface area (Å²) in [5.41, 5.74) is 6.99. The molecule has 6 heteroatoms. The lowest BCUT2D eigenvalue weighted by Crippen LogP contribution is -2.10. The Balaban J connectivity index is 2.59. The zero-order chi connectivity index (χ0) is 11.7. The van der Waals surface area contributed by atoms with Gasteiger partial charge in [0.2, 0.25) is 0 Å². The second-order valence-corrected chi connectivity index (χ2v) is 4.10. The quantitative estimate of drug-likeness (QED) is 0.873. The Morgan fingerprint density at radius 2 is 2.38 bits per heavy atom. The van der Waals surface area contributed by atoms with Gasteiger partial charge in [0, 0.05) is 18.6 Å². The average Bonchev–Trinajstić information content (AvgIpc) is 2.82. The highest BCUT2D eigenvalue weighted by molar-refractivity contribution is 7.13. The summed E-state index contributed by atoms with van der Waals surface area (Å²) in [6, 6.07) is 1.86. The highest BCUT2D eigenvalue weighted by Crippen LogP contribution is 2.37. The number of primary amides is 1. The first-order valence-corrected chi connectivity index (χ1v) is 5.46. The molecule has 2 heterocycles. The van der Waals surface area contributed by atoms with Crippen molar-refractivity contribution in [2.45, 2.75) is 0 Å². The van der Waals surface area contributed by atoms with E-state index < -0.39 is 5.91 Å². The van der Waals surface area contributed by atoms with E-state index in [9.17, 15) is 4.79 Å². The lowest BCUT2D eigenvalue weighted by atomic mass is 10.2. The molecule has 0 unspecified atom stereocenters. The zero-order valence-electron chi connectivity index (χ0n) is 8.93. The van der Waals surface area contributed by atoms with Crippen LogP contribution in [0.1, 0.15) is 9.67 Å². The molecule has 0 spiro atoms. The van der Waals surface area contributed by atoms with Gasteiger partial charge in [0.05, 0.1) is 18.4 Å². The maximum atomic E-state index is 11.2. The lowest BCUT2D eigenvalue weighted by molar-refractivity contribution is 0.100. The summed E-state index contributed by atoms with van der Waals surface area (Å²) in [4.78, 5) is 11.6.